The van der Waals surface area contributed by atoms with Gasteiger partial charge in [-0.25, -0.2) is 0 Å². The maximum absolute atomic E-state index is 10.6. The summed E-state index contributed by atoms with van der Waals surface area (Å²) in [6.07, 6.45) is 10.4. The molecular weight excluding hydrogens is 212 g/mol. The van der Waals surface area contributed by atoms with Crippen LogP contribution in [0.1, 0.15) is 51.4 Å². The standard InChI is InChI=1S/C14H28N2O/c1-16(13-6-4-2-3-5-7-13)11-14(17,10-15)12-8-9-12/h12-13,17H,2-11,15H2,1H3. The highest BCUT2D eigenvalue weighted by Crippen LogP contribution is 2.40. The lowest BCUT2D eigenvalue weighted by molar-refractivity contribution is -0.0133. The molecule has 0 spiro atoms. The van der Waals surface area contributed by atoms with Crippen molar-refractivity contribution < 1.29 is 5.11 Å². The molecule has 2 aliphatic rings. The molecule has 0 heterocycles. The monoisotopic (exact) mass is 240 g/mol. The fourth-order valence-electron chi connectivity index (χ4n) is 3.24. The van der Waals surface area contributed by atoms with Crippen LogP contribution >= 0.6 is 0 Å². The van der Waals surface area contributed by atoms with Crippen molar-refractivity contribution in [2.75, 3.05) is 20.1 Å². The first kappa shape index (κ1) is 13.3. The zero-order valence-corrected chi connectivity index (χ0v) is 11.2. The third kappa shape index (κ3) is 3.43. The second-order valence-corrected chi connectivity index (χ2v) is 6.14. The van der Waals surface area contributed by atoms with E-state index in [0.717, 1.165) is 19.4 Å². The highest BCUT2D eigenvalue weighted by molar-refractivity contribution is 4.97. The molecule has 3 nitrogen and oxygen atoms in total. The zero-order chi connectivity index (χ0) is 12.3. The average Bonchev–Trinajstić information content (AvgIpc) is 3.15. The van der Waals surface area contributed by atoms with Crippen LogP contribution < -0.4 is 5.73 Å². The fourth-order valence-corrected chi connectivity index (χ4v) is 3.24. The van der Waals surface area contributed by atoms with E-state index in [4.69, 9.17) is 5.73 Å². The molecule has 0 saturated heterocycles. The average molecular weight is 240 g/mol. The third-order valence-corrected chi connectivity index (χ3v) is 4.66. The molecule has 1 unspecified atom stereocenters. The van der Waals surface area contributed by atoms with Crippen LogP contribution in [0.2, 0.25) is 0 Å². The van der Waals surface area contributed by atoms with Crippen LogP contribution in [0.4, 0.5) is 0 Å². The van der Waals surface area contributed by atoms with Gasteiger partial charge in [0.25, 0.3) is 0 Å². The summed E-state index contributed by atoms with van der Waals surface area (Å²) in [7, 11) is 2.17. The smallest absolute Gasteiger partial charge is 0.0923 e. The summed E-state index contributed by atoms with van der Waals surface area (Å²) in [5.74, 6) is 0.459. The van der Waals surface area contributed by atoms with Gasteiger partial charge in [-0.2, -0.15) is 0 Å². The number of hydrogen-bond donors (Lipinski definition) is 2. The molecular formula is C14H28N2O. The Morgan fingerprint density at radius 2 is 1.71 bits per heavy atom. The highest BCUT2D eigenvalue weighted by atomic mass is 16.3. The first-order chi connectivity index (χ1) is 8.15. The van der Waals surface area contributed by atoms with Gasteiger partial charge in [0.2, 0.25) is 0 Å². The topological polar surface area (TPSA) is 49.5 Å². The van der Waals surface area contributed by atoms with E-state index in [1.54, 1.807) is 0 Å². The minimum Gasteiger partial charge on any atom is -0.387 e. The molecule has 0 aromatic heterocycles. The van der Waals surface area contributed by atoms with Crippen molar-refractivity contribution >= 4 is 0 Å². The van der Waals surface area contributed by atoms with Crippen LogP contribution in [0.25, 0.3) is 0 Å². The molecule has 0 aromatic rings. The summed E-state index contributed by atoms with van der Waals surface area (Å²) in [5, 5.41) is 10.6. The molecule has 2 saturated carbocycles. The number of nitrogens with zero attached hydrogens (tertiary/aromatic N) is 1. The van der Waals surface area contributed by atoms with Gasteiger partial charge in [-0.1, -0.05) is 25.7 Å². The summed E-state index contributed by atoms with van der Waals surface area (Å²) in [6.45, 7) is 1.17. The van der Waals surface area contributed by atoms with E-state index in [9.17, 15) is 5.11 Å². The number of nitrogens with two attached hydrogens (primary N) is 1. The van der Waals surface area contributed by atoms with Gasteiger partial charge in [0.1, 0.15) is 0 Å². The first-order valence-electron chi connectivity index (χ1n) is 7.28. The van der Waals surface area contributed by atoms with Gasteiger partial charge < -0.3 is 15.7 Å². The SMILES string of the molecule is CN(CC(O)(CN)C1CC1)C1CCCCCC1. The predicted octanol–water partition coefficient (Wildman–Crippen LogP) is 1.74. The Kier molecular flexibility index (Phi) is 4.45. The van der Waals surface area contributed by atoms with Crippen molar-refractivity contribution in [1.82, 2.24) is 4.90 Å². The van der Waals surface area contributed by atoms with E-state index in [0.29, 0.717) is 18.5 Å². The largest absolute Gasteiger partial charge is 0.387 e. The Bertz CT molecular complexity index is 234. The Balaban J connectivity index is 1.87. The van der Waals surface area contributed by atoms with Crippen LogP contribution in [0.3, 0.4) is 0 Å². The Hall–Kier alpha value is -0.120. The number of rotatable bonds is 5. The molecule has 0 amide bonds. The van der Waals surface area contributed by atoms with Gasteiger partial charge in [-0.05, 0) is 38.6 Å². The normalized spacial score (nSPS) is 26.8. The molecule has 0 radical (unpaired) electrons. The van der Waals surface area contributed by atoms with Crippen LogP contribution in [-0.4, -0.2) is 41.8 Å². The van der Waals surface area contributed by atoms with Crippen molar-refractivity contribution in [3.63, 3.8) is 0 Å². The van der Waals surface area contributed by atoms with Gasteiger partial charge >= 0.3 is 0 Å². The molecule has 100 valence electrons. The summed E-state index contributed by atoms with van der Waals surface area (Å²) >= 11 is 0. The van der Waals surface area contributed by atoms with E-state index < -0.39 is 5.60 Å². The lowest BCUT2D eigenvalue weighted by Crippen LogP contribution is -2.51. The third-order valence-electron chi connectivity index (χ3n) is 4.66. The van der Waals surface area contributed by atoms with Crippen molar-refractivity contribution in [3.8, 4) is 0 Å². The Morgan fingerprint density at radius 1 is 1.12 bits per heavy atom. The van der Waals surface area contributed by atoms with Gasteiger partial charge in [-0.15, -0.1) is 0 Å². The van der Waals surface area contributed by atoms with E-state index in [1.807, 2.05) is 0 Å². The lowest BCUT2D eigenvalue weighted by atomic mass is 9.95. The van der Waals surface area contributed by atoms with Gasteiger partial charge in [0.15, 0.2) is 0 Å². The fraction of sp³-hybridized carbons (Fsp3) is 1.00. The second-order valence-electron chi connectivity index (χ2n) is 6.14. The number of likely N-dealkylation sites (N-methyl/N-ethyl adjacent to an activating group) is 1. The van der Waals surface area contributed by atoms with Crippen LogP contribution in [0.5, 0.6) is 0 Å². The van der Waals surface area contributed by atoms with Crippen LogP contribution in [0.15, 0.2) is 0 Å². The van der Waals surface area contributed by atoms with E-state index in [2.05, 4.69) is 11.9 Å². The molecule has 2 rings (SSSR count). The van der Waals surface area contributed by atoms with Gasteiger partial charge in [0, 0.05) is 19.1 Å². The Labute approximate surface area is 105 Å². The van der Waals surface area contributed by atoms with Gasteiger partial charge in [-0.3, -0.25) is 0 Å². The summed E-state index contributed by atoms with van der Waals surface area (Å²) in [5.41, 5.74) is 5.16. The molecule has 3 N–H and O–H groups in total. The molecule has 1 atom stereocenters. The van der Waals surface area contributed by atoms with Gasteiger partial charge in [0.05, 0.1) is 5.60 Å². The molecule has 0 aliphatic heterocycles. The quantitative estimate of drug-likeness (QED) is 0.720. The van der Waals surface area contributed by atoms with E-state index >= 15 is 0 Å². The summed E-state index contributed by atoms with van der Waals surface area (Å²) in [4.78, 5) is 2.37. The second kappa shape index (κ2) is 5.68. The minimum atomic E-state index is -0.624. The van der Waals surface area contributed by atoms with Crippen LogP contribution in [0, 0.1) is 5.92 Å². The first-order valence-corrected chi connectivity index (χ1v) is 7.28. The molecule has 3 heteroatoms. The van der Waals surface area contributed by atoms with Crippen molar-refractivity contribution in [1.29, 1.82) is 0 Å². The molecule has 0 bridgehead atoms. The molecule has 17 heavy (non-hydrogen) atoms. The van der Waals surface area contributed by atoms with Crippen molar-refractivity contribution in [2.45, 2.75) is 63.0 Å². The lowest BCUT2D eigenvalue weighted by Gasteiger charge is -2.36. The maximum atomic E-state index is 10.6. The number of aliphatic hydroxyl groups is 1. The number of hydrogen-bond acceptors (Lipinski definition) is 3. The summed E-state index contributed by atoms with van der Waals surface area (Å²) < 4.78 is 0. The van der Waals surface area contributed by atoms with E-state index in [-0.39, 0.29) is 0 Å². The summed E-state index contributed by atoms with van der Waals surface area (Å²) in [6, 6.07) is 0.661. The molecule has 2 fully saturated rings. The predicted molar refractivity (Wildman–Crippen MR) is 70.8 cm³/mol. The minimum absolute atomic E-state index is 0.411. The van der Waals surface area contributed by atoms with Crippen molar-refractivity contribution in [3.05, 3.63) is 0 Å². The van der Waals surface area contributed by atoms with Crippen molar-refractivity contribution in [2.24, 2.45) is 11.7 Å². The maximum Gasteiger partial charge on any atom is 0.0923 e. The Morgan fingerprint density at radius 3 is 2.18 bits per heavy atom. The highest BCUT2D eigenvalue weighted by Gasteiger charge is 2.43. The molecule has 2 aliphatic carbocycles. The zero-order valence-electron chi connectivity index (χ0n) is 11.2. The van der Waals surface area contributed by atoms with E-state index in [1.165, 1.54) is 38.5 Å². The van der Waals surface area contributed by atoms with Crippen LogP contribution in [-0.2, 0) is 0 Å². The molecule has 0 aromatic carbocycles.